The van der Waals surface area contributed by atoms with E-state index in [1.54, 1.807) is 43.5 Å². The molecule has 0 saturated heterocycles. The molecule has 0 spiro atoms. The van der Waals surface area contributed by atoms with Gasteiger partial charge in [-0.1, -0.05) is 41.9 Å². The number of halogens is 1. The summed E-state index contributed by atoms with van der Waals surface area (Å²) in [5.41, 5.74) is 2.71. The van der Waals surface area contributed by atoms with Crippen molar-refractivity contribution < 1.29 is 14.3 Å². The molecule has 0 aliphatic heterocycles. The first-order chi connectivity index (χ1) is 14.0. The predicted molar refractivity (Wildman–Crippen MR) is 113 cm³/mol. The minimum atomic E-state index is -0.250. The Labute approximate surface area is 174 Å². The monoisotopic (exact) mass is 408 g/mol. The summed E-state index contributed by atoms with van der Waals surface area (Å²) in [7, 11) is 1.60. The second-order valence-electron chi connectivity index (χ2n) is 6.42. The number of nitrogens with one attached hydrogen (secondary N) is 2. The molecule has 0 aliphatic carbocycles. The van der Waals surface area contributed by atoms with Crippen molar-refractivity contribution in [3.05, 3.63) is 100 Å². The first-order valence-corrected chi connectivity index (χ1v) is 9.47. The molecule has 0 unspecified atom stereocenters. The molecule has 0 fully saturated rings. The lowest BCUT2D eigenvalue weighted by molar-refractivity contribution is 0.0950. The molecule has 0 heterocycles. The van der Waals surface area contributed by atoms with Crippen LogP contribution in [0.5, 0.6) is 5.75 Å². The van der Waals surface area contributed by atoms with E-state index in [0.29, 0.717) is 29.2 Å². The standard InChI is InChI=1S/C23H21ClN2O3/c1-29-21-7-2-4-17(12-21)15-26-23(28)19-6-3-5-18(13-19)22(27)25-14-16-8-10-20(24)11-9-16/h2-13H,14-15H2,1H3,(H,25,27)(H,26,28). The maximum absolute atomic E-state index is 12.5. The summed E-state index contributed by atoms with van der Waals surface area (Å²) < 4.78 is 5.19. The van der Waals surface area contributed by atoms with Crippen LogP contribution in [0.1, 0.15) is 31.8 Å². The van der Waals surface area contributed by atoms with Gasteiger partial charge in [0.1, 0.15) is 5.75 Å². The predicted octanol–water partition coefficient (Wildman–Crippen LogP) is 4.21. The summed E-state index contributed by atoms with van der Waals surface area (Å²) in [6.45, 7) is 0.741. The highest BCUT2D eigenvalue weighted by Gasteiger charge is 2.10. The number of hydrogen-bond donors (Lipinski definition) is 2. The van der Waals surface area contributed by atoms with E-state index >= 15 is 0 Å². The lowest BCUT2D eigenvalue weighted by Crippen LogP contribution is -2.25. The number of hydrogen-bond acceptors (Lipinski definition) is 3. The van der Waals surface area contributed by atoms with Gasteiger partial charge in [0.05, 0.1) is 7.11 Å². The van der Waals surface area contributed by atoms with Crippen LogP contribution < -0.4 is 15.4 Å². The van der Waals surface area contributed by atoms with Gasteiger partial charge >= 0.3 is 0 Å². The van der Waals surface area contributed by atoms with Crippen molar-refractivity contribution in [1.82, 2.24) is 10.6 Å². The Morgan fingerprint density at radius 3 is 2.00 bits per heavy atom. The minimum absolute atomic E-state index is 0.248. The van der Waals surface area contributed by atoms with Crippen molar-refractivity contribution in [3.8, 4) is 5.75 Å². The number of amides is 2. The van der Waals surface area contributed by atoms with Crippen LogP contribution in [0.4, 0.5) is 0 Å². The average Bonchev–Trinajstić information content (AvgIpc) is 2.77. The van der Waals surface area contributed by atoms with Crippen LogP contribution in [0.25, 0.3) is 0 Å². The van der Waals surface area contributed by atoms with Crippen LogP contribution in [-0.2, 0) is 13.1 Å². The first kappa shape index (κ1) is 20.4. The third-order valence-electron chi connectivity index (χ3n) is 4.34. The average molecular weight is 409 g/mol. The van der Waals surface area contributed by atoms with Gasteiger partial charge in [-0.3, -0.25) is 9.59 Å². The zero-order chi connectivity index (χ0) is 20.6. The second kappa shape index (κ2) is 9.75. The SMILES string of the molecule is COc1cccc(CNC(=O)c2cccc(C(=O)NCc3ccc(Cl)cc3)c2)c1. The number of methoxy groups -OCH3 is 1. The van der Waals surface area contributed by atoms with Gasteiger partial charge in [-0.2, -0.15) is 0 Å². The number of carbonyl (C=O) groups excluding carboxylic acids is 2. The summed E-state index contributed by atoms with van der Waals surface area (Å²) in [5, 5.41) is 6.35. The third-order valence-corrected chi connectivity index (χ3v) is 4.59. The van der Waals surface area contributed by atoms with Crippen molar-refractivity contribution in [2.75, 3.05) is 7.11 Å². The fraction of sp³-hybridized carbons (Fsp3) is 0.130. The summed E-state index contributed by atoms with van der Waals surface area (Å²) in [5.74, 6) is 0.235. The van der Waals surface area contributed by atoms with Crippen LogP contribution in [0, 0.1) is 0 Å². The quantitative estimate of drug-likeness (QED) is 0.615. The number of carbonyl (C=O) groups is 2. The molecule has 29 heavy (non-hydrogen) atoms. The van der Waals surface area contributed by atoms with Gasteiger partial charge in [-0.15, -0.1) is 0 Å². The van der Waals surface area contributed by atoms with E-state index < -0.39 is 0 Å². The highest BCUT2D eigenvalue weighted by atomic mass is 35.5. The Bertz CT molecular complexity index is 1000. The van der Waals surface area contributed by atoms with E-state index in [-0.39, 0.29) is 11.8 Å². The molecule has 3 aromatic rings. The Morgan fingerprint density at radius 1 is 0.793 bits per heavy atom. The van der Waals surface area contributed by atoms with Crippen LogP contribution >= 0.6 is 11.6 Å². The van der Waals surface area contributed by atoms with Crippen molar-refractivity contribution >= 4 is 23.4 Å². The van der Waals surface area contributed by atoms with Gasteiger partial charge in [0.15, 0.2) is 0 Å². The summed E-state index contributed by atoms with van der Waals surface area (Å²) >= 11 is 5.87. The molecule has 0 saturated carbocycles. The van der Waals surface area contributed by atoms with Crippen molar-refractivity contribution in [2.45, 2.75) is 13.1 Å². The summed E-state index contributed by atoms with van der Waals surface area (Å²) in [4.78, 5) is 24.9. The van der Waals surface area contributed by atoms with Crippen molar-refractivity contribution in [1.29, 1.82) is 0 Å². The van der Waals surface area contributed by atoms with E-state index in [1.807, 2.05) is 36.4 Å². The molecule has 2 amide bonds. The molecule has 3 aromatic carbocycles. The Kier molecular flexibility index (Phi) is 6.87. The van der Waals surface area contributed by atoms with Crippen LogP contribution in [0.3, 0.4) is 0 Å². The smallest absolute Gasteiger partial charge is 0.251 e. The lowest BCUT2D eigenvalue weighted by Gasteiger charge is -2.09. The molecule has 3 rings (SSSR count). The summed E-state index contributed by atoms with van der Waals surface area (Å²) in [6.07, 6.45) is 0. The maximum Gasteiger partial charge on any atom is 0.251 e. The van der Waals surface area contributed by atoms with Crippen LogP contribution in [0.2, 0.25) is 5.02 Å². The molecule has 0 aliphatic rings. The molecule has 5 nitrogen and oxygen atoms in total. The Morgan fingerprint density at radius 2 is 1.38 bits per heavy atom. The molecule has 0 bridgehead atoms. The van der Waals surface area contributed by atoms with E-state index in [1.165, 1.54) is 0 Å². The fourth-order valence-corrected chi connectivity index (χ4v) is 2.88. The molecule has 148 valence electrons. The van der Waals surface area contributed by atoms with Gasteiger partial charge in [0.25, 0.3) is 11.8 Å². The van der Waals surface area contributed by atoms with E-state index in [2.05, 4.69) is 10.6 Å². The molecule has 6 heteroatoms. The van der Waals surface area contributed by atoms with Crippen LogP contribution in [-0.4, -0.2) is 18.9 Å². The van der Waals surface area contributed by atoms with Crippen molar-refractivity contribution in [2.24, 2.45) is 0 Å². The molecule has 2 N–H and O–H groups in total. The van der Waals surface area contributed by atoms with Gasteiger partial charge in [0, 0.05) is 29.2 Å². The molecule has 0 aromatic heterocycles. The topological polar surface area (TPSA) is 67.4 Å². The number of ether oxygens (including phenoxy) is 1. The van der Waals surface area contributed by atoms with Crippen LogP contribution in [0.15, 0.2) is 72.8 Å². The second-order valence-corrected chi connectivity index (χ2v) is 6.86. The lowest BCUT2D eigenvalue weighted by atomic mass is 10.1. The van der Waals surface area contributed by atoms with E-state index in [0.717, 1.165) is 16.9 Å². The van der Waals surface area contributed by atoms with Gasteiger partial charge < -0.3 is 15.4 Å². The molecule has 0 radical (unpaired) electrons. The van der Waals surface area contributed by atoms with Gasteiger partial charge in [-0.25, -0.2) is 0 Å². The maximum atomic E-state index is 12.5. The highest BCUT2D eigenvalue weighted by molar-refractivity contribution is 6.30. The highest BCUT2D eigenvalue weighted by Crippen LogP contribution is 2.13. The molecular weight excluding hydrogens is 388 g/mol. The van der Waals surface area contributed by atoms with E-state index in [4.69, 9.17) is 16.3 Å². The van der Waals surface area contributed by atoms with E-state index in [9.17, 15) is 9.59 Å². The molecule has 0 atom stereocenters. The van der Waals surface area contributed by atoms with Gasteiger partial charge in [0.2, 0.25) is 0 Å². The zero-order valence-electron chi connectivity index (χ0n) is 15.9. The van der Waals surface area contributed by atoms with Gasteiger partial charge in [-0.05, 0) is 53.6 Å². The third kappa shape index (κ3) is 5.83. The minimum Gasteiger partial charge on any atom is -0.497 e. The van der Waals surface area contributed by atoms with Crippen molar-refractivity contribution in [3.63, 3.8) is 0 Å². The summed E-state index contributed by atoms with van der Waals surface area (Å²) in [6, 6.07) is 21.4. The molecular formula is C23H21ClN2O3. The largest absolute Gasteiger partial charge is 0.497 e. The fourth-order valence-electron chi connectivity index (χ4n) is 2.76. The Balaban J connectivity index is 1.59. The zero-order valence-corrected chi connectivity index (χ0v) is 16.7. The Hall–Kier alpha value is -3.31. The number of rotatable bonds is 7. The first-order valence-electron chi connectivity index (χ1n) is 9.09. The normalized spacial score (nSPS) is 10.3. The number of benzene rings is 3.